The molecule has 1 aliphatic rings. The highest BCUT2D eigenvalue weighted by molar-refractivity contribution is 6.04. The Morgan fingerprint density at radius 3 is 2.64 bits per heavy atom. The van der Waals surface area contributed by atoms with Crippen LogP contribution in [0.1, 0.15) is 46.9 Å². The number of carbonyl (C=O) groups is 2. The van der Waals surface area contributed by atoms with Gasteiger partial charge in [0.25, 0.3) is 11.8 Å². The van der Waals surface area contributed by atoms with Gasteiger partial charge in [0.05, 0.1) is 12.7 Å². The highest BCUT2D eigenvalue weighted by atomic mass is 16.5. The molecule has 2 aromatic rings. The standard InChI is InChI=1S/C22H26N2O4/c1-2-12-27-19-6-3-5-17(14-19)22(26)24-18-10-8-16(9-11-18)21(25)23-15-20-7-4-13-28-20/h3,5-6,8-11,14,20H,2,4,7,12-13,15H2,1H3,(H,23,25)(H,24,26)/t20-/m0/s1. The third kappa shape index (κ3) is 5.57. The quantitative estimate of drug-likeness (QED) is 0.731. The fraction of sp³-hybridized carbons (Fsp3) is 0.364. The van der Waals surface area contributed by atoms with E-state index in [1.807, 2.05) is 13.0 Å². The van der Waals surface area contributed by atoms with E-state index in [9.17, 15) is 9.59 Å². The zero-order chi connectivity index (χ0) is 19.8. The number of hydrogen-bond donors (Lipinski definition) is 2. The normalized spacial score (nSPS) is 15.8. The summed E-state index contributed by atoms with van der Waals surface area (Å²) in [4.78, 5) is 24.7. The van der Waals surface area contributed by atoms with Crippen molar-refractivity contribution >= 4 is 17.5 Å². The minimum Gasteiger partial charge on any atom is -0.494 e. The van der Waals surface area contributed by atoms with Crippen LogP contribution < -0.4 is 15.4 Å². The Bertz CT molecular complexity index is 798. The fourth-order valence-electron chi connectivity index (χ4n) is 2.97. The average molecular weight is 382 g/mol. The fourth-order valence-corrected chi connectivity index (χ4v) is 2.97. The van der Waals surface area contributed by atoms with Crippen LogP contribution in [0.25, 0.3) is 0 Å². The van der Waals surface area contributed by atoms with E-state index in [0.717, 1.165) is 25.9 Å². The molecule has 6 nitrogen and oxygen atoms in total. The van der Waals surface area contributed by atoms with Gasteiger partial charge in [-0.2, -0.15) is 0 Å². The molecule has 0 spiro atoms. The summed E-state index contributed by atoms with van der Waals surface area (Å²) in [7, 11) is 0. The maximum atomic E-state index is 12.4. The molecular formula is C22H26N2O4. The minimum absolute atomic E-state index is 0.111. The van der Waals surface area contributed by atoms with Gasteiger partial charge in [-0.25, -0.2) is 0 Å². The van der Waals surface area contributed by atoms with Crippen LogP contribution in [-0.2, 0) is 4.74 Å². The van der Waals surface area contributed by atoms with Gasteiger partial charge in [0, 0.05) is 30.0 Å². The first-order valence-corrected chi connectivity index (χ1v) is 9.70. The summed E-state index contributed by atoms with van der Waals surface area (Å²) in [5.41, 5.74) is 1.69. The summed E-state index contributed by atoms with van der Waals surface area (Å²) in [6.45, 7) is 3.93. The van der Waals surface area contributed by atoms with Crippen molar-refractivity contribution in [2.24, 2.45) is 0 Å². The Hall–Kier alpha value is -2.86. The molecule has 0 aliphatic carbocycles. The van der Waals surface area contributed by atoms with E-state index >= 15 is 0 Å². The monoisotopic (exact) mass is 382 g/mol. The first-order chi connectivity index (χ1) is 13.7. The van der Waals surface area contributed by atoms with Crippen LogP contribution in [0.15, 0.2) is 48.5 Å². The van der Waals surface area contributed by atoms with Crippen LogP contribution >= 0.6 is 0 Å². The number of hydrogen-bond acceptors (Lipinski definition) is 4. The second-order valence-corrected chi connectivity index (χ2v) is 6.75. The number of rotatable bonds is 8. The largest absolute Gasteiger partial charge is 0.494 e. The molecule has 2 aromatic carbocycles. The molecular weight excluding hydrogens is 356 g/mol. The van der Waals surface area contributed by atoms with E-state index in [0.29, 0.717) is 35.7 Å². The molecule has 0 bridgehead atoms. The van der Waals surface area contributed by atoms with Gasteiger partial charge in [-0.15, -0.1) is 0 Å². The number of benzene rings is 2. The zero-order valence-corrected chi connectivity index (χ0v) is 16.1. The molecule has 2 amide bonds. The van der Waals surface area contributed by atoms with E-state index in [-0.39, 0.29) is 17.9 Å². The lowest BCUT2D eigenvalue weighted by Gasteiger charge is -2.11. The molecule has 0 radical (unpaired) electrons. The van der Waals surface area contributed by atoms with E-state index in [4.69, 9.17) is 9.47 Å². The highest BCUT2D eigenvalue weighted by Crippen LogP contribution is 2.16. The van der Waals surface area contributed by atoms with Crippen molar-refractivity contribution in [1.82, 2.24) is 5.32 Å². The van der Waals surface area contributed by atoms with Crippen LogP contribution in [0, 0.1) is 0 Å². The molecule has 148 valence electrons. The molecule has 1 saturated heterocycles. The predicted molar refractivity (Wildman–Crippen MR) is 108 cm³/mol. The van der Waals surface area contributed by atoms with E-state index in [2.05, 4.69) is 10.6 Å². The number of anilines is 1. The molecule has 1 fully saturated rings. The number of nitrogens with one attached hydrogen (secondary N) is 2. The second kappa shape index (κ2) is 9.90. The topological polar surface area (TPSA) is 76.7 Å². The molecule has 1 heterocycles. The number of amides is 2. The zero-order valence-electron chi connectivity index (χ0n) is 16.1. The van der Waals surface area contributed by atoms with Crippen LogP contribution in [-0.4, -0.2) is 37.7 Å². The smallest absolute Gasteiger partial charge is 0.255 e. The molecule has 0 saturated carbocycles. The number of carbonyl (C=O) groups excluding carboxylic acids is 2. The SMILES string of the molecule is CCCOc1cccc(C(=O)Nc2ccc(C(=O)NC[C@@H]3CCCO3)cc2)c1. The molecule has 2 N–H and O–H groups in total. The molecule has 0 aromatic heterocycles. The van der Waals surface area contributed by atoms with E-state index in [1.165, 1.54) is 0 Å². The van der Waals surface area contributed by atoms with Crippen molar-refractivity contribution in [2.45, 2.75) is 32.3 Å². The Morgan fingerprint density at radius 2 is 1.93 bits per heavy atom. The number of ether oxygens (including phenoxy) is 2. The van der Waals surface area contributed by atoms with Gasteiger partial charge < -0.3 is 20.1 Å². The Labute approximate surface area is 165 Å². The van der Waals surface area contributed by atoms with Crippen molar-refractivity contribution in [3.63, 3.8) is 0 Å². The van der Waals surface area contributed by atoms with Gasteiger partial charge in [-0.3, -0.25) is 9.59 Å². The van der Waals surface area contributed by atoms with Gasteiger partial charge in [0.1, 0.15) is 5.75 Å². The minimum atomic E-state index is -0.225. The summed E-state index contributed by atoms with van der Waals surface area (Å²) in [6, 6.07) is 13.9. The van der Waals surface area contributed by atoms with Gasteiger partial charge in [-0.1, -0.05) is 13.0 Å². The van der Waals surface area contributed by atoms with Gasteiger partial charge in [0.15, 0.2) is 0 Å². The molecule has 28 heavy (non-hydrogen) atoms. The first-order valence-electron chi connectivity index (χ1n) is 9.70. The summed E-state index contributed by atoms with van der Waals surface area (Å²) in [5, 5.41) is 5.72. The molecule has 3 rings (SSSR count). The maximum Gasteiger partial charge on any atom is 0.255 e. The van der Waals surface area contributed by atoms with Crippen molar-refractivity contribution in [3.8, 4) is 5.75 Å². The van der Waals surface area contributed by atoms with Crippen LogP contribution in [0.2, 0.25) is 0 Å². The van der Waals surface area contributed by atoms with Crippen LogP contribution in [0.3, 0.4) is 0 Å². The second-order valence-electron chi connectivity index (χ2n) is 6.75. The third-order valence-corrected chi connectivity index (χ3v) is 4.49. The van der Waals surface area contributed by atoms with Crippen molar-refractivity contribution in [1.29, 1.82) is 0 Å². The first kappa shape index (κ1) is 19.9. The van der Waals surface area contributed by atoms with Crippen molar-refractivity contribution in [2.75, 3.05) is 25.1 Å². The lowest BCUT2D eigenvalue weighted by atomic mass is 10.1. The van der Waals surface area contributed by atoms with E-state index < -0.39 is 0 Å². The van der Waals surface area contributed by atoms with E-state index in [1.54, 1.807) is 42.5 Å². The lowest BCUT2D eigenvalue weighted by molar-refractivity contribution is 0.0857. The summed E-state index contributed by atoms with van der Waals surface area (Å²) >= 11 is 0. The molecule has 6 heteroatoms. The molecule has 1 aliphatic heterocycles. The van der Waals surface area contributed by atoms with Crippen LogP contribution in [0.4, 0.5) is 5.69 Å². The summed E-state index contributed by atoms with van der Waals surface area (Å²) in [6.07, 6.45) is 3.04. The van der Waals surface area contributed by atoms with Gasteiger partial charge >= 0.3 is 0 Å². The highest BCUT2D eigenvalue weighted by Gasteiger charge is 2.16. The van der Waals surface area contributed by atoms with Crippen molar-refractivity contribution in [3.05, 3.63) is 59.7 Å². The van der Waals surface area contributed by atoms with Gasteiger partial charge in [-0.05, 0) is 61.7 Å². The predicted octanol–water partition coefficient (Wildman–Crippen LogP) is 3.64. The van der Waals surface area contributed by atoms with Crippen molar-refractivity contribution < 1.29 is 19.1 Å². The Kier molecular flexibility index (Phi) is 7.03. The lowest BCUT2D eigenvalue weighted by Crippen LogP contribution is -2.31. The average Bonchev–Trinajstić information content (AvgIpc) is 3.25. The molecule has 1 atom stereocenters. The van der Waals surface area contributed by atoms with Gasteiger partial charge in [0.2, 0.25) is 0 Å². The third-order valence-electron chi connectivity index (χ3n) is 4.49. The van der Waals surface area contributed by atoms with Crippen LogP contribution in [0.5, 0.6) is 5.75 Å². The molecule has 0 unspecified atom stereocenters. The summed E-state index contributed by atoms with van der Waals surface area (Å²) in [5.74, 6) is 0.305. The maximum absolute atomic E-state index is 12.4. The summed E-state index contributed by atoms with van der Waals surface area (Å²) < 4.78 is 11.1. The Balaban J connectivity index is 1.54. The Morgan fingerprint density at radius 1 is 1.11 bits per heavy atom.